The highest BCUT2D eigenvalue weighted by Crippen LogP contribution is 2.32. The Morgan fingerprint density at radius 1 is 1.17 bits per heavy atom. The maximum atomic E-state index is 11.3. The van der Waals surface area contributed by atoms with Gasteiger partial charge in [-0.1, -0.05) is 6.08 Å². The van der Waals surface area contributed by atoms with Crippen LogP contribution in [-0.4, -0.2) is 37.5 Å². The molecule has 2 aromatic carbocycles. The minimum atomic E-state index is -0.166. The van der Waals surface area contributed by atoms with E-state index >= 15 is 0 Å². The van der Waals surface area contributed by atoms with Crippen LogP contribution in [-0.2, 0) is 4.79 Å². The highest BCUT2D eigenvalue weighted by Gasteiger charge is 2.11. The van der Waals surface area contributed by atoms with Crippen molar-refractivity contribution in [3.8, 4) is 23.0 Å². The lowest BCUT2D eigenvalue weighted by Crippen LogP contribution is -2.15. The summed E-state index contributed by atoms with van der Waals surface area (Å²) in [6.45, 7) is 2.84. The average Bonchev–Trinajstić information content (AvgIpc) is 2.75. The Bertz CT molecular complexity index is 964. The lowest BCUT2D eigenvalue weighted by Gasteiger charge is -2.18. The normalized spacial score (nSPS) is 13.2. The number of anilines is 1. The second-order valence-corrected chi connectivity index (χ2v) is 6.30. The van der Waals surface area contributed by atoms with Crippen LogP contribution in [0.25, 0.3) is 0 Å². The summed E-state index contributed by atoms with van der Waals surface area (Å²) in [4.78, 5) is 22.1. The number of hydrogen-bond donors (Lipinski definition) is 2. The second-order valence-electron chi connectivity index (χ2n) is 6.30. The molecule has 1 aliphatic heterocycles. The Balaban J connectivity index is 1.58. The summed E-state index contributed by atoms with van der Waals surface area (Å²) in [7, 11) is 0. The zero-order valence-electron chi connectivity index (χ0n) is 15.9. The zero-order chi connectivity index (χ0) is 20.6. The molecule has 3 rings (SSSR count). The van der Waals surface area contributed by atoms with Gasteiger partial charge in [0.1, 0.15) is 37.6 Å². The van der Waals surface area contributed by atoms with Gasteiger partial charge in [0.25, 0.3) is 0 Å². The largest absolute Gasteiger partial charge is 0.507 e. The van der Waals surface area contributed by atoms with Gasteiger partial charge in [0.05, 0.1) is 5.56 Å². The van der Waals surface area contributed by atoms with Crippen LogP contribution in [0.3, 0.4) is 0 Å². The van der Waals surface area contributed by atoms with E-state index < -0.39 is 0 Å². The third-order valence-electron chi connectivity index (χ3n) is 4.20. The lowest BCUT2D eigenvalue weighted by molar-refractivity contribution is -0.105. The van der Waals surface area contributed by atoms with E-state index in [1.165, 1.54) is 12.1 Å². The fourth-order valence-electron chi connectivity index (χ4n) is 2.68. The number of phenolic OH excluding ortho intramolecular Hbond substituents is 1. The van der Waals surface area contributed by atoms with E-state index in [9.17, 15) is 14.7 Å². The standard InChI is InChI=1S/C22H21NO6/c1-15-9-17(13-25)19(26)11-21(15)29-14-16(12-24)3-2-6-23-18-4-5-20-22(10-18)28-8-7-27-20/h2-6,9-13,23,26H,7-8,14H2,1H3/b6-2-,16-3+. The summed E-state index contributed by atoms with van der Waals surface area (Å²) >= 11 is 0. The number of aryl methyl sites for hydroxylation is 1. The smallest absolute Gasteiger partial charge is 0.163 e. The van der Waals surface area contributed by atoms with Gasteiger partial charge in [-0.15, -0.1) is 0 Å². The fraction of sp³-hybridized carbons (Fsp3) is 0.182. The predicted molar refractivity (Wildman–Crippen MR) is 108 cm³/mol. The Morgan fingerprint density at radius 3 is 2.72 bits per heavy atom. The van der Waals surface area contributed by atoms with Crippen LogP contribution in [0.1, 0.15) is 15.9 Å². The average molecular weight is 395 g/mol. The van der Waals surface area contributed by atoms with Crippen LogP contribution in [0.15, 0.2) is 54.3 Å². The van der Waals surface area contributed by atoms with Crippen molar-refractivity contribution in [3.63, 3.8) is 0 Å². The first kappa shape index (κ1) is 20.0. The maximum absolute atomic E-state index is 11.3. The molecule has 2 N–H and O–H groups in total. The SMILES string of the molecule is Cc1cc(C=O)c(O)cc1OC/C(C=O)=C/C=C\Nc1ccc2c(c1)OCCO2. The first-order valence-electron chi connectivity index (χ1n) is 8.99. The molecule has 0 aromatic heterocycles. The minimum Gasteiger partial charge on any atom is -0.507 e. The molecule has 7 heteroatoms. The molecule has 1 heterocycles. The van der Waals surface area contributed by atoms with Crippen molar-refractivity contribution in [1.29, 1.82) is 0 Å². The molecule has 0 amide bonds. The third kappa shape index (κ3) is 5.16. The number of nitrogens with one attached hydrogen (secondary N) is 1. The van der Waals surface area contributed by atoms with E-state index in [1.807, 2.05) is 18.2 Å². The predicted octanol–water partition coefficient (Wildman–Crippen LogP) is 3.41. The molecule has 0 aliphatic carbocycles. The minimum absolute atomic E-state index is 0.0264. The van der Waals surface area contributed by atoms with Crippen molar-refractivity contribution < 1.29 is 28.9 Å². The molecular formula is C22H21NO6. The number of phenols is 1. The van der Waals surface area contributed by atoms with Crippen molar-refractivity contribution in [2.75, 3.05) is 25.1 Å². The molecule has 0 fully saturated rings. The van der Waals surface area contributed by atoms with E-state index in [-0.39, 0.29) is 17.9 Å². The molecule has 0 atom stereocenters. The Kier molecular flexibility index (Phi) is 6.52. The van der Waals surface area contributed by atoms with E-state index in [0.717, 1.165) is 5.69 Å². The van der Waals surface area contributed by atoms with Crippen LogP contribution >= 0.6 is 0 Å². The van der Waals surface area contributed by atoms with E-state index in [4.69, 9.17) is 14.2 Å². The number of carbonyl (C=O) groups is 2. The van der Waals surface area contributed by atoms with Gasteiger partial charge in [-0.05, 0) is 36.8 Å². The molecule has 0 saturated carbocycles. The molecule has 0 unspecified atom stereocenters. The first-order valence-corrected chi connectivity index (χ1v) is 8.99. The molecule has 29 heavy (non-hydrogen) atoms. The van der Waals surface area contributed by atoms with Gasteiger partial charge in [-0.2, -0.15) is 0 Å². The molecule has 0 spiro atoms. The van der Waals surface area contributed by atoms with Gasteiger partial charge >= 0.3 is 0 Å². The zero-order valence-corrected chi connectivity index (χ0v) is 15.9. The second kappa shape index (κ2) is 9.45. The van der Waals surface area contributed by atoms with Crippen molar-refractivity contribution in [3.05, 3.63) is 65.4 Å². The molecule has 2 aromatic rings. The summed E-state index contributed by atoms with van der Waals surface area (Å²) in [6, 6.07) is 8.42. The number of allylic oxidation sites excluding steroid dienone is 2. The molecule has 150 valence electrons. The number of rotatable bonds is 8. The summed E-state index contributed by atoms with van der Waals surface area (Å²) in [5, 5.41) is 12.9. The van der Waals surface area contributed by atoms with Gasteiger partial charge < -0.3 is 24.6 Å². The van der Waals surface area contributed by atoms with E-state index in [1.54, 1.807) is 25.3 Å². The van der Waals surface area contributed by atoms with Crippen LogP contribution in [0.4, 0.5) is 5.69 Å². The van der Waals surface area contributed by atoms with Crippen LogP contribution in [0, 0.1) is 6.92 Å². The Hall–Kier alpha value is -3.74. The Morgan fingerprint density at radius 2 is 1.97 bits per heavy atom. The number of hydrogen-bond acceptors (Lipinski definition) is 7. The van der Waals surface area contributed by atoms with Gasteiger partial charge in [-0.3, -0.25) is 9.59 Å². The number of benzene rings is 2. The molecule has 1 aliphatic rings. The molecule has 7 nitrogen and oxygen atoms in total. The van der Waals surface area contributed by atoms with Crippen molar-refractivity contribution in [2.24, 2.45) is 0 Å². The third-order valence-corrected chi connectivity index (χ3v) is 4.20. The monoisotopic (exact) mass is 395 g/mol. The maximum Gasteiger partial charge on any atom is 0.163 e. The number of carbonyl (C=O) groups excluding carboxylic acids is 2. The summed E-state index contributed by atoms with van der Waals surface area (Å²) in [6.07, 6.45) is 6.26. The van der Waals surface area contributed by atoms with Gasteiger partial charge in [0, 0.05) is 29.6 Å². The van der Waals surface area contributed by atoms with Crippen LogP contribution in [0.2, 0.25) is 0 Å². The highest BCUT2D eigenvalue weighted by atomic mass is 16.6. The molecule has 0 bridgehead atoms. The van der Waals surface area contributed by atoms with Gasteiger partial charge in [0.2, 0.25) is 0 Å². The molecule has 0 saturated heterocycles. The summed E-state index contributed by atoms with van der Waals surface area (Å²) < 4.78 is 16.6. The lowest BCUT2D eigenvalue weighted by atomic mass is 10.1. The topological polar surface area (TPSA) is 94.1 Å². The van der Waals surface area contributed by atoms with Gasteiger partial charge in [0.15, 0.2) is 17.8 Å². The first-order chi connectivity index (χ1) is 14.1. The van der Waals surface area contributed by atoms with Crippen molar-refractivity contribution in [2.45, 2.75) is 6.92 Å². The number of aromatic hydroxyl groups is 1. The Labute approximate surface area is 168 Å². The van der Waals surface area contributed by atoms with Crippen molar-refractivity contribution in [1.82, 2.24) is 0 Å². The number of aldehydes is 2. The summed E-state index contributed by atoms with van der Waals surface area (Å²) in [5.41, 5.74) is 2.10. The number of fused-ring (bicyclic) bond motifs is 1. The van der Waals surface area contributed by atoms with E-state index in [2.05, 4.69) is 5.32 Å². The van der Waals surface area contributed by atoms with Crippen molar-refractivity contribution >= 4 is 18.3 Å². The van der Waals surface area contributed by atoms with Crippen LogP contribution in [0.5, 0.6) is 23.0 Å². The highest BCUT2D eigenvalue weighted by molar-refractivity contribution is 5.80. The van der Waals surface area contributed by atoms with Gasteiger partial charge in [-0.25, -0.2) is 0 Å². The molecule has 0 radical (unpaired) electrons. The number of ether oxygens (including phenoxy) is 3. The van der Waals surface area contributed by atoms with E-state index in [0.29, 0.717) is 54.2 Å². The summed E-state index contributed by atoms with van der Waals surface area (Å²) in [5.74, 6) is 1.64. The molecular weight excluding hydrogens is 374 g/mol. The quantitative estimate of drug-likeness (QED) is 0.402. The van der Waals surface area contributed by atoms with Crippen LogP contribution < -0.4 is 19.5 Å². The fourth-order valence-corrected chi connectivity index (χ4v) is 2.68.